The van der Waals surface area contributed by atoms with Gasteiger partial charge in [-0.05, 0) is 60.0 Å². The summed E-state index contributed by atoms with van der Waals surface area (Å²) in [6.07, 6.45) is 0. The lowest BCUT2D eigenvalue weighted by Crippen LogP contribution is -2.29. The Hall–Kier alpha value is -4.77. The number of hydrogen-bond donors (Lipinski definition) is 1. The number of nitrogens with zero attached hydrogens (tertiary/aromatic N) is 2. The number of ketones is 1. The second kappa shape index (κ2) is 11.1. The third kappa shape index (κ3) is 5.04. The summed E-state index contributed by atoms with van der Waals surface area (Å²) in [5, 5.41) is 20.6. The van der Waals surface area contributed by atoms with Crippen molar-refractivity contribution in [2.75, 3.05) is 25.7 Å². The van der Waals surface area contributed by atoms with Gasteiger partial charge in [-0.1, -0.05) is 32.0 Å². The Bertz CT molecular complexity index is 1440. The number of rotatable bonds is 8. The number of carbonyl (C=O) groups excluding carboxylic acids is 2. The molecule has 1 aliphatic rings. The molecule has 4 rings (SSSR count). The standard InChI is InChI=1S/C30H28N2O6/c1-18(2)17-38-23-7-5-6-21(14-23)28(33)26-27(20-10-13-24(36-3)25(15-20)37-4)32(30(35)29(26)34)22-11-8-19(16-31)9-12-22/h5-15,18,27,33H,17H2,1-4H3/b28-26-. The molecular weight excluding hydrogens is 484 g/mol. The lowest BCUT2D eigenvalue weighted by atomic mass is 9.94. The number of aliphatic hydroxyl groups excluding tert-OH is 1. The lowest BCUT2D eigenvalue weighted by Gasteiger charge is -2.26. The van der Waals surface area contributed by atoms with E-state index >= 15 is 0 Å². The van der Waals surface area contributed by atoms with E-state index in [4.69, 9.17) is 14.2 Å². The molecule has 3 aromatic carbocycles. The van der Waals surface area contributed by atoms with Crippen LogP contribution in [0.2, 0.25) is 0 Å². The number of hydrogen-bond acceptors (Lipinski definition) is 7. The van der Waals surface area contributed by atoms with Gasteiger partial charge in [0.15, 0.2) is 11.5 Å². The van der Waals surface area contributed by atoms with Gasteiger partial charge in [-0.25, -0.2) is 0 Å². The zero-order valence-electron chi connectivity index (χ0n) is 21.6. The first-order valence-electron chi connectivity index (χ1n) is 12.0. The molecule has 0 radical (unpaired) electrons. The summed E-state index contributed by atoms with van der Waals surface area (Å²) >= 11 is 0. The van der Waals surface area contributed by atoms with Crippen molar-refractivity contribution in [3.8, 4) is 23.3 Å². The molecular formula is C30H28N2O6. The molecule has 1 saturated heterocycles. The van der Waals surface area contributed by atoms with E-state index in [1.54, 1.807) is 66.7 Å². The molecule has 1 heterocycles. The molecule has 194 valence electrons. The molecule has 1 N–H and O–H groups in total. The summed E-state index contributed by atoms with van der Waals surface area (Å²) in [4.78, 5) is 28.2. The average Bonchev–Trinajstić information content (AvgIpc) is 3.21. The minimum Gasteiger partial charge on any atom is -0.507 e. The summed E-state index contributed by atoms with van der Waals surface area (Å²) in [7, 11) is 3.00. The first-order valence-corrected chi connectivity index (χ1v) is 12.0. The first-order chi connectivity index (χ1) is 18.3. The van der Waals surface area contributed by atoms with Crippen LogP contribution in [0.1, 0.15) is 36.6 Å². The maximum Gasteiger partial charge on any atom is 0.300 e. The normalized spacial score (nSPS) is 16.4. The van der Waals surface area contributed by atoms with Crippen molar-refractivity contribution >= 4 is 23.1 Å². The predicted octanol–water partition coefficient (Wildman–Crippen LogP) is 5.24. The van der Waals surface area contributed by atoms with Crippen LogP contribution in [0.25, 0.3) is 5.76 Å². The van der Waals surface area contributed by atoms with Gasteiger partial charge in [-0.15, -0.1) is 0 Å². The molecule has 1 unspecified atom stereocenters. The number of benzene rings is 3. The summed E-state index contributed by atoms with van der Waals surface area (Å²) in [6.45, 7) is 4.54. The van der Waals surface area contributed by atoms with Gasteiger partial charge in [0.1, 0.15) is 11.5 Å². The number of methoxy groups -OCH3 is 2. The van der Waals surface area contributed by atoms with Crippen molar-refractivity contribution in [3.05, 3.63) is 89.0 Å². The van der Waals surface area contributed by atoms with E-state index in [0.717, 1.165) is 0 Å². The number of carbonyl (C=O) groups is 2. The van der Waals surface area contributed by atoms with E-state index in [1.807, 2.05) is 19.9 Å². The second-order valence-electron chi connectivity index (χ2n) is 9.17. The quantitative estimate of drug-likeness (QED) is 0.250. The number of ether oxygens (including phenoxy) is 3. The van der Waals surface area contributed by atoms with Crippen molar-refractivity contribution in [1.29, 1.82) is 5.26 Å². The summed E-state index contributed by atoms with van der Waals surface area (Å²) < 4.78 is 16.6. The summed E-state index contributed by atoms with van der Waals surface area (Å²) in [5.74, 6) is -0.249. The van der Waals surface area contributed by atoms with Crippen molar-refractivity contribution in [1.82, 2.24) is 0 Å². The fourth-order valence-corrected chi connectivity index (χ4v) is 4.29. The molecule has 38 heavy (non-hydrogen) atoms. The zero-order chi connectivity index (χ0) is 27.4. The first kappa shape index (κ1) is 26.3. The molecule has 0 spiro atoms. The highest BCUT2D eigenvalue weighted by Gasteiger charge is 2.47. The van der Waals surface area contributed by atoms with Crippen molar-refractivity contribution < 1.29 is 28.9 Å². The molecule has 3 aromatic rings. The van der Waals surface area contributed by atoms with Crippen LogP contribution in [-0.4, -0.2) is 37.6 Å². The minimum atomic E-state index is -0.969. The van der Waals surface area contributed by atoms with Gasteiger partial charge < -0.3 is 19.3 Å². The van der Waals surface area contributed by atoms with E-state index in [1.165, 1.54) is 19.1 Å². The summed E-state index contributed by atoms with van der Waals surface area (Å²) in [5.41, 5.74) is 1.60. The van der Waals surface area contributed by atoms with Gasteiger partial charge in [-0.2, -0.15) is 5.26 Å². The molecule has 0 bridgehead atoms. The Kier molecular flexibility index (Phi) is 7.68. The van der Waals surface area contributed by atoms with Crippen molar-refractivity contribution in [2.45, 2.75) is 19.9 Å². The smallest absolute Gasteiger partial charge is 0.300 e. The highest BCUT2D eigenvalue weighted by Crippen LogP contribution is 2.44. The van der Waals surface area contributed by atoms with Crippen molar-refractivity contribution in [2.24, 2.45) is 5.92 Å². The largest absolute Gasteiger partial charge is 0.507 e. The number of Topliss-reactive ketones (excluding diaryl/α,β-unsaturated/α-hetero) is 1. The fourth-order valence-electron chi connectivity index (χ4n) is 4.29. The minimum absolute atomic E-state index is 0.0763. The number of aliphatic hydroxyl groups is 1. The van der Waals surface area contributed by atoms with Crippen LogP contribution in [0, 0.1) is 17.2 Å². The topological polar surface area (TPSA) is 109 Å². The molecule has 1 aliphatic heterocycles. The number of nitriles is 1. The van der Waals surface area contributed by atoms with Gasteiger partial charge in [0.2, 0.25) is 0 Å². The Morgan fingerprint density at radius 2 is 1.71 bits per heavy atom. The molecule has 0 saturated carbocycles. The highest BCUT2D eigenvalue weighted by atomic mass is 16.5. The molecule has 1 atom stereocenters. The van der Waals surface area contributed by atoms with Crippen LogP contribution in [0.4, 0.5) is 5.69 Å². The molecule has 0 aromatic heterocycles. The fraction of sp³-hybridized carbons (Fsp3) is 0.233. The maximum atomic E-state index is 13.4. The van der Waals surface area contributed by atoms with Gasteiger partial charge in [-0.3, -0.25) is 14.5 Å². The van der Waals surface area contributed by atoms with Crippen LogP contribution in [0.15, 0.2) is 72.3 Å². The van der Waals surface area contributed by atoms with Gasteiger partial charge in [0, 0.05) is 11.3 Å². The third-order valence-electron chi connectivity index (χ3n) is 6.13. The van der Waals surface area contributed by atoms with Gasteiger partial charge in [0.05, 0.1) is 44.1 Å². The lowest BCUT2D eigenvalue weighted by molar-refractivity contribution is -0.132. The van der Waals surface area contributed by atoms with Crippen LogP contribution < -0.4 is 19.1 Å². The average molecular weight is 513 g/mol. The highest BCUT2D eigenvalue weighted by molar-refractivity contribution is 6.51. The molecule has 1 amide bonds. The maximum absolute atomic E-state index is 13.4. The third-order valence-corrected chi connectivity index (χ3v) is 6.13. The number of anilines is 1. The Morgan fingerprint density at radius 1 is 1.00 bits per heavy atom. The van der Waals surface area contributed by atoms with Crippen molar-refractivity contribution in [3.63, 3.8) is 0 Å². The predicted molar refractivity (Wildman–Crippen MR) is 142 cm³/mol. The Balaban J connectivity index is 1.90. The van der Waals surface area contributed by atoms with Gasteiger partial charge in [0.25, 0.3) is 11.7 Å². The Morgan fingerprint density at radius 3 is 2.34 bits per heavy atom. The van der Waals surface area contributed by atoms with Crippen LogP contribution in [-0.2, 0) is 9.59 Å². The molecule has 8 heteroatoms. The molecule has 1 fully saturated rings. The van der Waals surface area contributed by atoms with Crippen LogP contribution in [0.5, 0.6) is 17.2 Å². The molecule has 8 nitrogen and oxygen atoms in total. The molecule has 0 aliphatic carbocycles. The van der Waals surface area contributed by atoms with Crippen LogP contribution >= 0.6 is 0 Å². The van der Waals surface area contributed by atoms with Gasteiger partial charge >= 0.3 is 0 Å². The SMILES string of the molecule is COc1ccc(C2/C(=C(/O)c3cccc(OCC(C)C)c3)C(=O)C(=O)N2c2ccc(C#N)cc2)cc1OC. The van der Waals surface area contributed by atoms with E-state index in [2.05, 4.69) is 0 Å². The Labute approximate surface area is 221 Å². The summed E-state index contributed by atoms with van der Waals surface area (Å²) in [6, 6.07) is 19.2. The van der Waals surface area contributed by atoms with E-state index in [9.17, 15) is 20.0 Å². The monoisotopic (exact) mass is 512 g/mol. The second-order valence-corrected chi connectivity index (χ2v) is 9.17. The van der Waals surface area contributed by atoms with E-state index < -0.39 is 17.7 Å². The number of amides is 1. The van der Waals surface area contributed by atoms with E-state index in [0.29, 0.717) is 52.2 Å². The zero-order valence-corrected chi connectivity index (χ0v) is 21.6. The van der Waals surface area contributed by atoms with Crippen LogP contribution in [0.3, 0.4) is 0 Å². The van der Waals surface area contributed by atoms with E-state index in [-0.39, 0.29) is 11.3 Å².